The number of benzene rings is 8. The molecule has 1 aromatic heterocycles. The van der Waals surface area contributed by atoms with Crippen LogP contribution in [0.1, 0.15) is 200 Å². The van der Waals surface area contributed by atoms with Gasteiger partial charge >= 0.3 is 0 Å². The molecule has 13 rings (SSSR count). The second kappa shape index (κ2) is 18.6. The number of hydrogen-bond acceptors (Lipinski definition) is 3. The van der Waals surface area contributed by atoms with E-state index >= 15 is 0 Å². The SMILES string of the molecule is CC(C)(C)c1ccc(N(c2ccc(C(C)(C)C)cc2)c2cc3c4c(c2)N(c2ccc(C(C)(C)C)cc2-c2ccccc2)c2c(ccc5sc6ccc(C(C)(C)C)cc6c25)B4c2cc(C(C)(C)C)cc4c2C3CC2(C)CCCCC42C)cc1. The van der Waals surface area contributed by atoms with Crippen molar-refractivity contribution in [3.8, 4) is 11.1 Å². The van der Waals surface area contributed by atoms with Crippen molar-refractivity contribution >= 4 is 88.7 Å². The van der Waals surface area contributed by atoms with Crippen LogP contribution in [0.15, 0.2) is 152 Å². The summed E-state index contributed by atoms with van der Waals surface area (Å²) in [5.41, 5.74) is 26.0. The predicted octanol–water partition coefficient (Wildman–Crippen LogP) is 20.7. The largest absolute Gasteiger partial charge is 0.310 e. The molecule has 0 saturated heterocycles. The van der Waals surface area contributed by atoms with Crippen molar-refractivity contribution in [2.75, 3.05) is 9.80 Å². The Morgan fingerprint density at radius 2 is 1.06 bits per heavy atom. The Hall–Kier alpha value is -6.36. The second-order valence-corrected chi connectivity index (χ2v) is 32.2. The van der Waals surface area contributed by atoms with E-state index in [1.165, 1.54) is 141 Å². The van der Waals surface area contributed by atoms with Gasteiger partial charge in [-0.05, 0) is 185 Å². The molecule has 9 aromatic rings. The van der Waals surface area contributed by atoms with Crippen LogP contribution in [0.2, 0.25) is 0 Å². The van der Waals surface area contributed by atoms with Gasteiger partial charge in [-0.25, -0.2) is 0 Å². The fourth-order valence-electron chi connectivity index (χ4n) is 15.3. The van der Waals surface area contributed by atoms with Gasteiger partial charge in [0.2, 0.25) is 6.71 Å². The van der Waals surface area contributed by atoms with E-state index in [1.54, 1.807) is 11.1 Å². The third-order valence-corrected chi connectivity index (χ3v) is 21.7. The normalized spacial score (nSPS) is 19.7. The van der Waals surface area contributed by atoms with Gasteiger partial charge in [-0.15, -0.1) is 11.3 Å². The lowest BCUT2D eigenvalue weighted by molar-refractivity contribution is 0.0602. The number of rotatable bonds is 5. The van der Waals surface area contributed by atoms with Gasteiger partial charge in [0.15, 0.2) is 0 Å². The molecule has 0 amide bonds. The summed E-state index contributed by atoms with van der Waals surface area (Å²) in [5, 5.41) is 2.72. The summed E-state index contributed by atoms with van der Waals surface area (Å²) in [6.45, 7) is 40.9. The number of nitrogens with zero attached hydrogens (tertiary/aromatic N) is 2. The Balaban J connectivity index is 1.22. The molecule has 1 saturated carbocycles. The Morgan fingerprint density at radius 3 is 1.67 bits per heavy atom. The minimum atomic E-state index is -0.0608. The molecule has 4 heteroatoms. The molecule has 0 spiro atoms. The average Bonchev–Trinajstić information content (AvgIpc) is 1.01. The van der Waals surface area contributed by atoms with Crippen LogP contribution in [0.5, 0.6) is 0 Å². The molecule has 3 unspecified atom stereocenters. The third kappa shape index (κ3) is 8.68. The summed E-state index contributed by atoms with van der Waals surface area (Å²) in [6, 6.07) is 61.0. The first-order valence-corrected chi connectivity index (χ1v) is 31.7. The van der Waals surface area contributed by atoms with Gasteiger partial charge in [-0.3, -0.25) is 0 Å². The Kier molecular flexibility index (Phi) is 12.4. The molecule has 0 bridgehead atoms. The molecule has 2 nitrogen and oxygen atoms in total. The number of thiophene rings is 1. The second-order valence-electron chi connectivity index (χ2n) is 31.1. The highest BCUT2D eigenvalue weighted by Gasteiger charge is 2.57. The summed E-state index contributed by atoms with van der Waals surface area (Å²) >= 11 is 1.96. The van der Waals surface area contributed by atoms with Gasteiger partial charge in [0.1, 0.15) is 0 Å². The molecule has 4 aliphatic rings. The summed E-state index contributed by atoms with van der Waals surface area (Å²) < 4.78 is 2.67. The minimum Gasteiger partial charge on any atom is -0.310 e. The van der Waals surface area contributed by atoms with E-state index in [1.807, 2.05) is 11.3 Å². The monoisotopic (exact) mass is 1090 g/mol. The maximum atomic E-state index is 2.81. The van der Waals surface area contributed by atoms with Crippen LogP contribution in [0.4, 0.5) is 34.1 Å². The van der Waals surface area contributed by atoms with Crippen LogP contribution in [0.25, 0.3) is 31.3 Å². The molecule has 2 aliphatic heterocycles. The van der Waals surface area contributed by atoms with Gasteiger partial charge in [0, 0.05) is 54.4 Å². The highest BCUT2D eigenvalue weighted by atomic mass is 32.1. The van der Waals surface area contributed by atoms with Crippen molar-refractivity contribution < 1.29 is 0 Å². The highest BCUT2D eigenvalue weighted by molar-refractivity contribution is 7.26. The molecule has 3 atom stereocenters. The minimum absolute atomic E-state index is 0.0129. The van der Waals surface area contributed by atoms with Crippen LogP contribution < -0.4 is 26.2 Å². The van der Waals surface area contributed by atoms with Crippen molar-refractivity contribution in [3.63, 3.8) is 0 Å². The van der Waals surface area contributed by atoms with Crippen LogP contribution in [0, 0.1) is 5.41 Å². The molecule has 2 aliphatic carbocycles. The van der Waals surface area contributed by atoms with E-state index in [0.717, 1.165) is 6.42 Å². The van der Waals surface area contributed by atoms with Crippen LogP contribution in [0.3, 0.4) is 0 Å². The van der Waals surface area contributed by atoms with Gasteiger partial charge in [0.25, 0.3) is 0 Å². The maximum absolute atomic E-state index is 2.81. The van der Waals surface area contributed by atoms with Gasteiger partial charge in [0.05, 0.1) is 11.4 Å². The molecule has 1 fully saturated rings. The molecular weight excluding hydrogens is 1010 g/mol. The summed E-state index contributed by atoms with van der Waals surface area (Å²) in [7, 11) is 0. The number of hydrogen-bond donors (Lipinski definition) is 0. The first kappa shape index (κ1) is 54.9. The van der Waals surface area contributed by atoms with Crippen molar-refractivity contribution in [1.29, 1.82) is 0 Å². The predicted molar refractivity (Wildman–Crippen MR) is 359 cm³/mol. The third-order valence-electron chi connectivity index (χ3n) is 20.5. The lowest BCUT2D eigenvalue weighted by Gasteiger charge is -2.59. The van der Waals surface area contributed by atoms with E-state index in [-0.39, 0.29) is 50.5 Å². The van der Waals surface area contributed by atoms with Gasteiger partial charge < -0.3 is 9.80 Å². The molecule has 8 aromatic carbocycles. The fraction of sp³-hybridized carbons (Fsp3) is 0.385. The lowest BCUT2D eigenvalue weighted by atomic mass is 9.29. The molecule has 0 radical (unpaired) electrons. The number of fused-ring (bicyclic) bond motifs is 10. The molecule has 0 N–H and O–H groups in total. The van der Waals surface area contributed by atoms with Crippen molar-refractivity contribution in [1.82, 2.24) is 0 Å². The van der Waals surface area contributed by atoms with Crippen LogP contribution in [-0.2, 0) is 32.5 Å². The van der Waals surface area contributed by atoms with E-state index < -0.39 is 0 Å². The van der Waals surface area contributed by atoms with E-state index in [0.29, 0.717) is 0 Å². The summed E-state index contributed by atoms with van der Waals surface area (Å²) in [5.74, 6) is 0.217. The quantitative estimate of drug-likeness (QED) is 0.159. The summed E-state index contributed by atoms with van der Waals surface area (Å²) in [4.78, 5) is 5.41. The first-order chi connectivity index (χ1) is 38.5. The van der Waals surface area contributed by atoms with E-state index in [9.17, 15) is 0 Å². The lowest BCUT2D eigenvalue weighted by Crippen LogP contribution is -2.64. The standard InChI is InChI=1S/C78H87BN2S/c1-72(2,3)49-25-31-54(32-26-49)80(55-33-27-50(28-34-55)73(4,5)6)56-45-58-60-47-77(16)39-21-22-40-78(77,17)61-43-53(76(13,14)15)44-63(68(60)61)79-62-35-38-67-69(59-42-52(75(10,11)12)30-37-66(59)82-67)71(62)81(65(46-56)70(58)79)64-36-29-51(74(7,8)9)41-57(64)48-23-19-18-20-24-48/h18-20,23-38,41-46,60H,21-22,39-40,47H2,1-17H3. The van der Waals surface area contributed by atoms with Crippen LogP contribution >= 0.6 is 11.3 Å². The Morgan fingerprint density at radius 1 is 0.500 bits per heavy atom. The molecule has 82 heavy (non-hydrogen) atoms. The molecule has 3 heterocycles. The maximum Gasteiger partial charge on any atom is 0.247 e. The highest BCUT2D eigenvalue weighted by Crippen LogP contribution is 2.63. The Bertz CT molecular complexity index is 3950. The Labute approximate surface area is 496 Å². The smallest absolute Gasteiger partial charge is 0.247 e. The first-order valence-electron chi connectivity index (χ1n) is 30.9. The fourth-order valence-corrected chi connectivity index (χ4v) is 16.4. The van der Waals surface area contributed by atoms with Crippen LogP contribution in [-0.4, -0.2) is 6.71 Å². The zero-order chi connectivity index (χ0) is 58.0. The van der Waals surface area contributed by atoms with Gasteiger partial charge in [-0.2, -0.15) is 0 Å². The topological polar surface area (TPSA) is 6.48 Å². The average molecular weight is 1100 g/mol. The molecule has 418 valence electrons. The van der Waals surface area contributed by atoms with Crippen molar-refractivity contribution in [2.24, 2.45) is 5.41 Å². The number of anilines is 6. The zero-order valence-corrected chi connectivity index (χ0v) is 53.2. The van der Waals surface area contributed by atoms with Gasteiger partial charge in [-0.1, -0.05) is 221 Å². The zero-order valence-electron chi connectivity index (χ0n) is 52.4. The summed E-state index contributed by atoms with van der Waals surface area (Å²) in [6.07, 6.45) is 6.19. The molecular formula is C78H87BN2S. The van der Waals surface area contributed by atoms with Crippen molar-refractivity contribution in [3.05, 3.63) is 196 Å². The van der Waals surface area contributed by atoms with E-state index in [4.69, 9.17) is 0 Å². The van der Waals surface area contributed by atoms with E-state index in [2.05, 4.69) is 279 Å². The van der Waals surface area contributed by atoms with Crippen molar-refractivity contribution in [2.45, 2.75) is 188 Å².